The average Bonchev–Trinajstić information content (AvgIpc) is 3.24. The van der Waals surface area contributed by atoms with E-state index in [1.807, 2.05) is 24.3 Å². The maximum Gasteiger partial charge on any atom is 0.264 e. The van der Waals surface area contributed by atoms with E-state index in [-0.39, 0.29) is 17.4 Å². The monoisotopic (exact) mass is 459 g/mol. The zero-order chi connectivity index (χ0) is 22.6. The molecule has 1 N–H and O–H groups in total. The number of nitrogens with one attached hydrogen (secondary N) is 1. The van der Waals surface area contributed by atoms with Gasteiger partial charge in [-0.15, -0.1) is 0 Å². The average molecular weight is 460 g/mol. The van der Waals surface area contributed by atoms with E-state index < -0.39 is 10.0 Å². The quantitative estimate of drug-likeness (QED) is 0.645. The van der Waals surface area contributed by atoms with E-state index in [2.05, 4.69) is 10.2 Å². The van der Waals surface area contributed by atoms with Crippen molar-refractivity contribution >= 4 is 21.6 Å². The number of rotatable bonds is 8. The molecular weight excluding hydrogens is 430 g/mol. The highest BCUT2D eigenvalue weighted by Crippen LogP contribution is 2.33. The second kappa shape index (κ2) is 9.89. The first-order valence-corrected chi connectivity index (χ1v) is 12.3. The lowest BCUT2D eigenvalue weighted by molar-refractivity contribution is -0.123. The Balaban J connectivity index is 1.32. The van der Waals surface area contributed by atoms with Gasteiger partial charge in [-0.25, -0.2) is 8.42 Å². The summed E-state index contributed by atoms with van der Waals surface area (Å²) in [5, 5.41) is 2.85. The lowest BCUT2D eigenvalue weighted by Crippen LogP contribution is -2.42. The molecule has 0 spiro atoms. The molecule has 0 bridgehead atoms. The fourth-order valence-electron chi connectivity index (χ4n) is 4.00. The number of aryl methyl sites for hydroxylation is 1. The summed E-state index contributed by atoms with van der Waals surface area (Å²) in [6.07, 6.45) is 0.705. The molecule has 0 radical (unpaired) electrons. The number of ether oxygens (including phenoxy) is 2. The van der Waals surface area contributed by atoms with Gasteiger partial charge in [0.2, 0.25) is 0 Å². The molecule has 2 aromatic carbocycles. The smallest absolute Gasteiger partial charge is 0.264 e. The van der Waals surface area contributed by atoms with Crippen molar-refractivity contribution in [2.75, 3.05) is 56.8 Å². The summed E-state index contributed by atoms with van der Waals surface area (Å²) in [5.74, 6) is 0.289. The maximum atomic E-state index is 13.2. The summed E-state index contributed by atoms with van der Waals surface area (Å²) in [7, 11) is -3.66. The Morgan fingerprint density at radius 2 is 1.91 bits per heavy atom. The third-order valence-corrected chi connectivity index (χ3v) is 7.60. The molecule has 2 aliphatic heterocycles. The molecule has 0 aromatic heterocycles. The molecular formula is C23H29N3O5S. The van der Waals surface area contributed by atoms with E-state index in [9.17, 15) is 13.2 Å². The third-order valence-electron chi connectivity index (χ3n) is 5.79. The summed E-state index contributed by atoms with van der Waals surface area (Å²) in [4.78, 5) is 14.6. The van der Waals surface area contributed by atoms with Crippen molar-refractivity contribution in [2.24, 2.45) is 0 Å². The van der Waals surface area contributed by atoms with Gasteiger partial charge in [-0.2, -0.15) is 0 Å². The molecule has 1 saturated heterocycles. The van der Waals surface area contributed by atoms with Crippen molar-refractivity contribution in [3.05, 3.63) is 53.6 Å². The van der Waals surface area contributed by atoms with Crippen LogP contribution in [0.2, 0.25) is 0 Å². The summed E-state index contributed by atoms with van der Waals surface area (Å²) in [6, 6.07) is 12.3. The molecule has 2 aliphatic rings. The van der Waals surface area contributed by atoms with Crippen LogP contribution in [0.3, 0.4) is 0 Å². The minimum absolute atomic E-state index is 0.116. The molecule has 2 aromatic rings. The second-order valence-electron chi connectivity index (χ2n) is 7.98. The predicted octanol–water partition coefficient (Wildman–Crippen LogP) is 1.57. The summed E-state index contributed by atoms with van der Waals surface area (Å²) >= 11 is 0. The standard InChI is InChI=1S/C23H29N3O5S/c1-18-16-20(32(28,29)26-10-8-19-4-2-3-5-21(19)26)6-7-22(18)31-17-23(27)24-9-11-25-12-14-30-15-13-25/h2-7,16H,8-15,17H2,1H3,(H,24,27). The molecule has 0 saturated carbocycles. The molecule has 0 atom stereocenters. The number of morpholine rings is 1. The summed E-state index contributed by atoms with van der Waals surface area (Å²) < 4.78 is 38.8. The van der Waals surface area contributed by atoms with Gasteiger partial charge in [-0.1, -0.05) is 18.2 Å². The number of sulfonamides is 1. The van der Waals surface area contributed by atoms with Crippen LogP contribution in [0.4, 0.5) is 5.69 Å². The number of carbonyl (C=O) groups excluding carboxylic acids is 1. The number of para-hydroxylation sites is 1. The van der Waals surface area contributed by atoms with Crippen LogP contribution in [0, 0.1) is 6.92 Å². The predicted molar refractivity (Wildman–Crippen MR) is 122 cm³/mol. The Bertz CT molecular complexity index is 1070. The first kappa shape index (κ1) is 22.6. The van der Waals surface area contributed by atoms with Gasteiger partial charge in [-0.3, -0.25) is 14.0 Å². The number of anilines is 1. The van der Waals surface area contributed by atoms with Crippen molar-refractivity contribution in [3.8, 4) is 5.75 Å². The fourth-order valence-corrected chi connectivity index (χ4v) is 5.59. The van der Waals surface area contributed by atoms with Crippen molar-refractivity contribution in [1.29, 1.82) is 0 Å². The van der Waals surface area contributed by atoms with Gasteiger partial charge < -0.3 is 14.8 Å². The molecule has 1 fully saturated rings. The molecule has 1 amide bonds. The maximum absolute atomic E-state index is 13.2. The fraction of sp³-hybridized carbons (Fsp3) is 0.435. The molecule has 32 heavy (non-hydrogen) atoms. The van der Waals surface area contributed by atoms with E-state index >= 15 is 0 Å². The van der Waals surface area contributed by atoms with Crippen LogP contribution in [-0.2, 0) is 26.0 Å². The van der Waals surface area contributed by atoms with Crippen molar-refractivity contribution in [1.82, 2.24) is 10.2 Å². The van der Waals surface area contributed by atoms with Gasteiger partial charge in [-0.05, 0) is 48.7 Å². The highest BCUT2D eigenvalue weighted by molar-refractivity contribution is 7.92. The summed E-state index contributed by atoms with van der Waals surface area (Å²) in [5.41, 5.74) is 2.44. The zero-order valence-corrected chi connectivity index (χ0v) is 19.1. The van der Waals surface area contributed by atoms with Gasteiger partial charge in [0.15, 0.2) is 6.61 Å². The lowest BCUT2D eigenvalue weighted by atomic mass is 10.2. The van der Waals surface area contributed by atoms with Crippen LogP contribution in [0.1, 0.15) is 11.1 Å². The van der Waals surface area contributed by atoms with Crippen LogP contribution in [0.5, 0.6) is 5.75 Å². The number of fused-ring (bicyclic) bond motifs is 1. The van der Waals surface area contributed by atoms with Crippen molar-refractivity contribution in [2.45, 2.75) is 18.2 Å². The highest BCUT2D eigenvalue weighted by atomic mass is 32.2. The number of hydrogen-bond donors (Lipinski definition) is 1. The zero-order valence-electron chi connectivity index (χ0n) is 18.2. The largest absolute Gasteiger partial charge is 0.484 e. The molecule has 172 valence electrons. The number of carbonyl (C=O) groups is 1. The second-order valence-corrected chi connectivity index (χ2v) is 9.84. The first-order valence-electron chi connectivity index (χ1n) is 10.9. The van der Waals surface area contributed by atoms with Gasteiger partial charge >= 0.3 is 0 Å². The SMILES string of the molecule is Cc1cc(S(=O)(=O)N2CCc3ccccc32)ccc1OCC(=O)NCCN1CCOCC1. The first-order chi connectivity index (χ1) is 15.4. The molecule has 0 unspecified atom stereocenters. The van der Waals surface area contributed by atoms with E-state index in [0.717, 1.165) is 44.1 Å². The topological polar surface area (TPSA) is 88.2 Å². The minimum Gasteiger partial charge on any atom is -0.484 e. The Labute approximate surface area is 189 Å². The van der Waals surface area contributed by atoms with Gasteiger partial charge in [0.25, 0.3) is 15.9 Å². The Morgan fingerprint density at radius 3 is 2.69 bits per heavy atom. The molecule has 0 aliphatic carbocycles. The summed E-state index contributed by atoms with van der Waals surface area (Å²) in [6.45, 7) is 6.64. The van der Waals surface area contributed by atoms with Crippen molar-refractivity contribution < 1.29 is 22.7 Å². The van der Waals surface area contributed by atoms with Gasteiger partial charge in [0, 0.05) is 32.7 Å². The van der Waals surface area contributed by atoms with E-state index in [4.69, 9.17) is 9.47 Å². The van der Waals surface area contributed by atoms with E-state index in [1.54, 1.807) is 19.1 Å². The van der Waals surface area contributed by atoms with Crippen LogP contribution in [0.25, 0.3) is 0 Å². The van der Waals surface area contributed by atoms with Crippen LogP contribution < -0.4 is 14.4 Å². The van der Waals surface area contributed by atoms with Crippen molar-refractivity contribution in [3.63, 3.8) is 0 Å². The molecule has 4 rings (SSSR count). The molecule has 9 heteroatoms. The molecule has 2 heterocycles. The van der Waals surface area contributed by atoms with Crippen LogP contribution >= 0.6 is 0 Å². The Hall–Kier alpha value is -2.62. The van der Waals surface area contributed by atoms with Crippen LogP contribution in [-0.4, -0.2) is 71.8 Å². The normalized spacial score (nSPS) is 16.6. The number of nitrogens with zero attached hydrogens (tertiary/aromatic N) is 2. The molecule has 8 nitrogen and oxygen atoms in total. The Morgan fingerprint density at radius 1 is 1.12 bits per heavy atom. The van der Waals surface area contributed by atoms with E-state index in [1.165, 1.54) is 10.4 Å². The van der Waals surface area contributed by atoms with Gasteiger partial charge in [0.05, 0.1) is 23.8 Å². The lowest BCUT2D eigenvalue weighted by Gasteiger charge is -2.26. The number of amides is 1. The van der Waals surface area contributed by atoms with Gasteiger partial charge in [0.1, 0.15) is 5.75 Å². The third kappa shape index (κ3) is 5.06. The Kier molecular flexibility index (Phi) is 6.98. The minimum atomic E-state index is -3.66. The van der Waals surface area contributed by atoms with Crippen LogP contribution in [0.15, 0.2) is 47.4 Å². The van der Waals surface area contributed by atoms with E-state index in [0.29, 0.717) is 30.8 Å². The number of hydrogen-bond acceptors (Lipinski definition) is 6. The number of benzene rings is 2. The highest BCUT2D eigenvalue weighted by Gasteiger charge is 2.30.